The van der Waals surface area contributed by atoms with Crippen molar-refractivity contribution in [3.63, 3.8) is 0 Å². The Morgan fingerprint density at radius 3 is 2.35 bits per heavy atom. The van der Waals surface area contributed by atoms with Crippen molar-refractivity contribution in [1.82, 2.24) is 9.88 Å². The lowest BCUT2D eigenvalue weighted by Crippen LogP contribution is -2.30. The minimum absolute atomic E-state index is 0.0170. The van der Waals surface area contributed by atoms with Gasteiger partial charge in [-0.15, -0.1) is 0 Å². The van der Waals surface area contributed by atoms with Gasteiger partial charge < -0.3 is 4.90 Å². The van der Waals surface area contributed by atoms with Gasteiger partial charge in [-0.05, 0) is 41.8 Å². The summed E-state index contributed by atoms with van der Waals surface area (Å²) in [6.07, 6.45) is 4.27. The maximum atomic E-state index is 12.9. The predicted molar refractivity (Wildman–Crippen MR) is 75.4 cm³/mol. The summed E-state index contributed by atoms with van der Waals surface area (Å²) in [6, 6.07) is 10.1. The summed E-state index contributed by atoms with van der Waals surface area (Å²) in [5, 5.41) is 0. The van der Waals surface area contributed by atoms with Gasteiger partial charge in [-0.1, -0.05) is 12.1 Å². The predicted octanol–water partition coefficient (Wildman–Crippen LogP) is 2.81. The number of hydrogen-bond acceptors (Lipinski definition) is 2. The van der Waals surface area contributed by atoms with Gasteiger partial charge in [-0.25, -0.2) is 4.39 Å². The molecule has 1 amide bonds. The monoisotopic (exact) mass is 272 g/mol. The summed E-state index contributed by atoms with van der Waals surface area (Å²) in [5.74, 6) is -0.247. The minimum atomic E-state index is -0.264. The maximum absolute atomic E-state index is 12.9. The van der Waals surface area contributed by atoms with Gasteiger partial charge in [0.15, 0.2) is 0 Å². The van der Waals surface area contributed by atoms with Gasteiger partial charge >= 0.3 is 0 Å². The van der Waals surface area contributed by atoms with Gasteiger partial charge in [-0.3, -0.25) is 9.78 Å². The fourth-order valence-electron chi connectivity index (χ4n) is 1.97. The standard InChI is InChI=1S/C16H17FN2O/c1-13(20)19(11-8-14-6-9-18-10-7-14)12-15-2-4-16(17)5-3-15/h2-7,9-10H,8,11-12H2,1H3. The van der Waals surface area contributed by atoms with E-state index in [2.05, 4.69) is 4.98 Å². The number of hydrogen-bond donors (Lipinski definition) is 0. The average Bonchev–Trinajstić information content (AvgIpc) is 2.46. The average molecular weight is 272 g/mol. The molecule has 3 nitrogen and oxygen atoms in total. The Morgan fingerprint density at radius 2 is 1.75 bits per heavy atom. The van der Waals surface area contributed by atoms with Crippen LogP contribution in [0.3, 0.4) is 0 Å². The molecule has 0 atom stereocenters. The van der Waals surface area contributed by atoms with E-state index in [-0.39, 0.29) is 11.7 Å². The second-order valence-corrected chi connectivity index (χ2v) is 4.67. The van der Waals surface area contributed by atoms with Gasteiger partial charge in [0.2, 0.25) is 5.91 Å². The Labute approximate surface area is 118 Å². The highest BCUT2D eigenvalue weighted by Gasteiger charge is 2.09. The molecular weight excluding hydrogens is 255 g/mol. The third kappa shape index (κ3) is 4.16. The number of carbonyl (C=O) groups is 1. The molecule has 0 aliphatic carbocycles. The molecule has 0 saturated heterocycles. The minimum Gasteiger partial charge on any atom is -0.338 e. The number of carbonyl (C=O) groups excluding carboxylic acids is 1. The molecule has 2 aromatic rings. The summed E-state index contributed by atoms with van der Waals surface area (Å²) >= 11 is 0. The van der Waals surface area contributed by atoms with Gasteiger partial charge in [0, 0.05) is 32.4 Å². The second kappa shape index (κ2) is 6.80. The summed E-state index contributed by atoms with van der Waals surface area (Å²) in [7, 11) is 0. The molecule has 20 heavy (non-hydrogen) atoms. The maximum Gasteiger partial charge on any atom is 0.219 e. The SMILES string of the molecule is CC(=O)N(CCc1ccncc1)Cc1ccc(F)cc1. The highest BCUT2D eigenvalue weighted by Crippen LogP contribution is 2.08. The normalized spacial score (nSPS) is 10.3. The summed E-state index contributed by atoms with van der Waals surface area (Å²) in [5.41, 5.74) is 2.07. The summed E-state index contributed by atoms with van der Waals surface area (Å²) in [6.45, 7) is 2.69. The zero-order valence-electron chi connectivity index (χ0n) is 11.4. The zero-order chi connectivity index (χ0) is 14.4. The quantitative estimate of drug-likeness (QED) is 0.838. The third-order valence-electron chi connectivity index (χ3n) is 3.15. The number of nitrogens with zero attached hydrogens (tertiary/aromatic N) is 2. The second-order valence-electron chi connectivity index (χ2n) is 4.67. The van der Waals surface area contributed by atoms with Crippen molar-refractivity contribution in [2.45, 2.75) is 19.9 Å². The van der Waals surface area contributed by atoms with Crippen LogP contribution in [0.1, 0.15) is 18.1 Å². The molecule has 0 saturated carbocycles. The van der Waals surface area contributed by atoms with Crippen molar-refractivity contribution in [3.05, 3.63) is 65.7 Å². The number of benzene rings is 1. The van der Waals surface area contributed by atoms with E-state index in [0.29, 0.717) is 13.1 Å². The van der Waals surface area contributed by atoms with Crippen LogP contribution >= 0.6 is 0 Å². The Bertz CT molecular complexity index is 554. The van der Waals surface area contributed by atoms with Crippen molar-refractivity contribution in [2.75, 3.05) is 6.54 Å². The Kier molecular flexibility index (Phi) is 4.82. The lowest BCUT2D eigenvalue weighted by molar-refractivity contribution is -0.129. The van der Waals surface area contributed by atoms with Gasteiger partial charge in [-0.2, -0.15) is 0 Å². The number of aromatic nitrogens is 1. The lowest BCUT2D eigenvalue weighted by atomic mass is 10.1. The fourth-order valence-corrected chi connectivity index (χ4v) is 1.97. The van der Waals surface area contributed by atoms with Gasteiger partial charge in [0.1, 0.15) is 5.82 Å². The third-order valence-corrected chi connectivity index (χ3v) is 3.15. The van der Waals surface area contributed by atoms with Crippen molar-refractivity contribution in [3.8, 4) is 0 Å². The van der Waals surface area contributed by atoms with E-state index in [4.69, 9.17) is 0 Å². The smallest absolute Gasteiger partial charge is 0.219 e. The van der Waals surface area contributed by atoms with Crippen LogP contribution in [0.15, 0.2) is 48.8 Å². The summed E-state index contributed by atoms with van der Waals surface area (Å²) in [4.78, 5) is 17.4. The van der Waals surface area contributed by atoms with Crippen molar-refractivity contribution >= 4 is 5.91 Å². The van der Waals surface area contributed by atoms with Gasteiger partial charge in [0.05, 0.1) is 0 Å². The van der Waals surface area contributed by atoms with E-state index < -0.39 is 0 Å². The molecule has 2 rings (SSSR count). The van der Waals surface area contributed by atoms with Crippen LogP contribution in [-0.4, -0.2) is 22.3 Å². The Balaban J connectivity index is 1.97. The van der Waals surface area contributed by atoms with E-state index >= 15 is 0 Å². The molecule has 1 aromatic carbocycles. The first-order chi connectivity index (χ1) is 9.65. The van der Waals surface area contributed by atoms with Crippen LogP contribution in [0, 0.1) is 5.82 Å². The molecule has 4 heteroatoms. The molecule has 0 unspecified atom stereocenters. The molecule has 1 heterocycles. The van der Waals surface area contributed by atoms with Crippen molar-refractivity contribution in [2.24, 2.45) is 0 Å². The molecule has 0 fully saturated rings. The van der Waals surface area contributed by atoms with Crippen LogP contribution in [0.25, 0.3) is 0 Å². The topological polar surface area (TPSA) is 33.2 Å². The first-order valence-corrected chi connectivity index (χ1v) is 6.54. The number of pyridine rings is 1. The molecule has 0 bridgehead atoms. The molecule has 0 spiro atoms. The first-order valence-electron chi connectivity index (χ1n) is 6.54. The lowest BCUT2D eigenvalue weighted by Gasteiger charge is -2.21. The molecule has 0 aliphatic heterocycles. The Morgan fingerprint density at radius 1 is 1.10 bits per heavy atom. The molecular formula is C16H17FN2O. The van der Waals surface area contributed by atoms with Crippen LogP contribution in [0.2, 0.25) is 0 Å². The van der Waals surface area contributed by atoms with Crippen LogP contribution in [0.4, 0.5) is 4.39 Å². The molecule has 0 radical (unpaired) electrons. The van der Waals surface area contributed by atoms with Crippen LogP contribution in [0.5, 0.6) is 0 Å². The molecule has 0 aliphatic rings. The van der Waals surface area contributed by atoms with Crippen LogP contribution in [-0.2, 0) is 17.8 Å². The zero-order valence-corrected chi connectivity index (χ0v) is 11.4. The highest BCUT2D eigenvalue weighted by molar-refractivity contribution is 5.73. The van der Waals surface area contributed by atoms with E-state index in [1.54, 1.807) is 36.4 Å². The number of halogens is 1. The fraction of sp³-hybridized carbons (Fsp3) is 0.250. The van der Waals surface area contributed by atoms with E-state index in [1.807, 2.05) is 12.1 Å². The summed E-state index contributed by atoms with van der Waals surface area (Å²) < 4.78 is 12.9. The van der Waals surface area contributed by atoms with Crippen molar-refractivity contribution in [1.29, 1.82) is 0 Å². The van der Waals surface area contributed by atoms with E-state index in [1.165, 1.54) is 12.1 Å². The van der Waals surface area contributed by atoms with Crippen molar-refractivity contribution < 1.29 is 9.18 Å². The van der Waals surface area contributed by atoms with E-state index in [9.17, 15) is 9.18 Å². The van der Waals surface area contributed by atoms with Crippen LogP contribution < -0.4 is 0 Å². The van der Waals surface area contributed by atoms with E-state index in [0.717, 1.165) is 17.5 Å². The number of rotatable bonds is 5. The molecule has 104 valence electrons. The molecule has 1 aromatic heterocycles. The highest BCUT2D eigenvalue weighted by atomic mass is 19.1. The first kappa shape index (κ1) is 14.2. The Hall–Kier alpha value is -2.23. The van der Waals surface area contributed by atoms with Gasteiger partial charge in [0.25, 0.3) is 0 Å². The number of amides is 1. The molecule has 0 N–H and O–H groups in total. The largest absolute Gasteiger partial charge is 0.338 e.